The molecule has 0 radical (unpaired) electrons. The van der Waals surface area contributed by atoms with Crippen LogP contribution in [-0.2, 0) is 5.60 Å². The van der Waals surface area contributed by atoms with Gasteiger partial charge >= 0.3 is 0 Å². The van der Waals surface area contributed by atoms with Crippen LogP contribution in [-0.4, -0.2) is 16.3 Å². The van der Waals surface area contributed by atoms with Gasteiger partial charge < -0.3 is 10.2 Å². The van der Waals surface area contributed by atoms with Crippen LogP contribution in [0.2, 0.25) is 10.0 Å². The molecule has 4 heteroatoms. The van der Waals surface area contributed by atoms with Crippen LogP contribution in [0.1, 0.15) is 18.1 Å². The van der Waals surface area contributed by atoms with Gasteiger partial charge in [0.25, 0.3) is 0 Å². The number of halogens is 2. The second kappa shape index (κ2) is 5.51. The normalized spacial score (nSPS) is 13.3. The van der Waals surface area contributed by atoms with E-state index in [9.17, 15) is 10.2 Å². The predicted molar refractivity (Wildman–Crippen MR) is 77.6 cm³/mol. The van der Waals surface area contributed by atoms with E-state index in [1.807, 2.05) is 0 Å². The molecule has 100 valence electrons. The Morgan fingerprint density at radius 2 is 1.16 bits per heavy atom. The van der Waals surface area contributed by atoms with Gasteiger partial charge in [0, 0.05) is 10.0 Å². The molecular weight excluding hydrogens is 283 g/mol. The van der Waals surface area contributed by atoms with Crippen molar-refractivity contribution in [3.05, 3.63) is 69.7 Å². The van der Waals surface area contributed by atoms with Crippen LogP contribution < -0.4 is 0 Å². The molecule has 0 saturated carbocycles. The van der Waals surface area contributed by atoms with Crippen molar-refractivity contribution in [1.82, 2.24) is 0 Å². The van der Waals surface area contributed by atoms with Crippen molar-refractivity contribution in [1.29, 1.82) is 0 Å². The number of rotatable bonds is 3. The summed E-state index contributed by atoms with van der Waals surface area (Å²) in [5.41, 5.74) is -0.335. The molecular formula is C15H14Cl2O2. The average Bonchev–Trinajstić information content (AvgIpc) is 2.39. The molecule has 0 saturated heterocycles. The SMILES string of the molecule is C[C@H](O)C(O)(c1ccc(Cl)cc1)c1ccc(Cl)cc1. The lowest BCUT2D eigenvalue weighted by molar-refractivity contribution is -0.0394. The molecule has 0 heterocycles. The van der Waals surface area contributed by atoms with Crippen LogP contribution >= 0.6 is 23.2 Å². The van der Waals surface area contributed by atoms with Gasteiger partial charge in [-0.25, -0.2) is 0 Å². The van der Waals surface area contributed by atoms with E-state index in [1.165, 1.54) is 0 Å². The van der Waals surface area contributed by atoms with Gasteiger partial charge in [-0.3, -0.25) is 0 Å². The molecule has 2 rings (SSSR count). The highest BCUT2D eigenvalue weighted by Gasteiger charge is 2.36. The molecule has 0 amide bonds. The molecule has 0 aromatic heterocycles. The van der Waals surface area contributed by atoms with Crippen molar-refractivity contribution in [3.8, 4) is 0 Å². The van der Waals surface area contributed by atoms with Crippen LogP contribution in [0, 0.1) is 0 Å². The third kappa shape index (κ3) is 2.77. The summed E-state index contributed by atoms with van der Waals surface area (Å²) in [7, 11) is 0. The summed E-state index contributed by atoms with van der Waals surface area (Å²) >= 11 is 11.7. The zero-order chi connectivity index (χ0) is 14.0. The van der Waals surface area contributed by atoms with Crippen molar-refractivity contribution in [2.24, 2.45) is 0 Å². The van der Waals surface area contributed by atoms with Crippen molar-refractivity contribution < 1.29 is 10.2 Å². The topological polar surface area (TPSA) is 40.5 Å². The molecule has 2 aromatic rings. The van der Waals surface area contributed by atoms with Crippen LogP contribution in [0.4, 0.5) is 0 Å². The Balaban J connectivity index is 2.54. The van der Waals surface area contributed by atoms with Gasteiger partial charge in [0.1, 0.15) is 5.60 Å². The fourth-order valence-electron chi connectivity index (χ4n) is 2.06. The number of hydrogen-bond acceptors (Lipinski definition) is 2. The van der Waals surface area contributed by atoms with Crippen molar-refractivity contribution in [3.63, 3.8) is 0 Å². The minimum absolute atomic E-state index is 0.577. The number of benzene rings is 2. The van der Waals surface area contributed by atoms with Gasteiger partial charge in [-0.1, -0.05) is 47.5 Å². The number of aliphatic hydroxyl groups is 2. The minimum Gasteiger partial charge on any atom is -0.390 e. The van der Waals surface area contributed by atoms with E-state index in [0.29, 0.717) is 21.2 Å². The van der Waals surface area contributed by atoms with Gasteiger partial charge in [-0.15, -0.1) is 0 Å². The first-order chi connectivity index (χ1) is 8.94. The van der Waals surface area contributed by atoms with E-state index in [4.69, 9.17) is 23.2 Å². The molecule has 2 N–H and O–H groups in total. The lowest BCUT2D eigenvalue weighted by Gasteiger charge is -2.32. The Hall–Kier alpha value is -1.06. The van der Waals surface area contributed by atoms with Gasteiger partial charge in [-0.05, 0) is 42.3 Å². The summed E-state index contributed by atoms with van der Waals surface area (Å²) in [6.45, 7) is 1.54. The van der Waals surface area contributed by atoms with Crippen molar-refractivity contribution >= 4 is 23.2 Å². The second-order valence-electron chi connectivity index (χ2n) is 4.46. The monoisotopic (exact) mass is 296 g/mol. The summed E-state index contributed by atoms with van der Waals surface area (Å²) < 4.78 is 0. The lowest BCUT2D eigenvalue weighted by atomic mass is 9.82. The Morgan fingerprint density at radius 3 is 1.42 bits per heavy atom. The molecule has 2 aromatic carbocycles. The quantitative estimate of drug-likeness (QED) is 0.908. The number of aliphatic hydroxyl groups excluding tert-OH is 1. The van der Waals surface area contributed by atoms with Crippen LogP contribution in [0.25, 0.3) is 0 Å². The summed E-state index contributed by atoms with van der Waals surface area (Å²) in [5.74, 6) is 0. The highest BCUT2D eigenvalue weighted by atomic mass is 35.5. The first-order valence-electron chi connectivity index (χ1n) is 5.87. The van der Waals surface area contributed by atoms with Crippen molar-refractivity contribution in [2.45, 2.75) is 18.6 Å². The maximum Gasteiger partial charge on any atom is 0.140 e. The molecule has 0 fully saturated rings. The molecule has 2 nitrogen and oxygen atoms in total. The summed E-state index contributed by atoms with van der Waals surface area (Å²) in [6.07, 6.45) is -0.977. The summed E-state index contributed by atoms with van der Waals surface area (Å²) in [6, 6.07) is 13.5. The van der Waals surface area contributed by atoms with E-state index >= 15 is 0 Å². The third-order valence-electron chi connectivity index (χ3n) is 3.17. The van der Waals surface area contributed by atoms with Crippen LogP contribution in [0.15, 0.2) is 48.5 Å². The Morgan fingerprint density at radius 1 is 0.842 bits per heavy atom. The Bertz CT molecular complexity index is 502. The largest absolute Gasteiger partial charge is 0.390 e. The zero-order valence-corrected chi connectivity index (χ0v) is 11.9. The first kappa shape index (κ1) is 14.4. The van der Waals surface area contributed by atoms with E-state index in [0.717, 1.165) is 0 Å². The van der Waals surface area contributed by atoms with Gasteiger partial charge in [-0.2, -0.15) is 0 Å². The maximum absolute atomic E-state index is 10.9. The first-order valence-corrected chi connectivity index (χ1v) is 6.62. The Labute approximate surface area is 122 Å². The molecule has 0 aliphatic rings. The highest BCUT2D eigenvalue weighted by molar-refractivity contribution is 6.30. The number of hydrogen-bond donors (Lipinski definition) is 2. The molecule has 0 spiro atoms. The molecule has 0 aliphatic carbocycles. The fourth-order valence-corrected chi connectivity index (χ4v) is 2.31. The van der Waals surface area contributed by atoms with Gasteiger partial charge in [0.15, 0.2) is 0 Å². The highest BCUT2D eigenvalue weighted by Crippen LogP contribution is 2.34. The lowest BCUT2D eigenvalue weighted by Crippen LogP contribution is -2.38. The fraction of sp³-hybridized carbons (Fsp3) is 0.200. The molecule has 1 atom stereocenters. The minimum atomic E-state index is -1.49. The average molecular weight is 297 g/mol. The Kier molecular flexibility index (Phi) is 4.16. The van der Waals surface area contributed by atoms with Crippen LogP contribution in [0.3, 0.4) is 0 Å². The van der Waals surface area contributed by atoms with Crippen molar-refractivity contribution in [2.75, 3.05) is 0 Å². The van der Waals surface area contributed by atoms with E-state index in [-0.39, 0.29) is 0 Å². The zero-order valence-electron chi connectivity index (χ0n) is 10.3. The van der Waals surface area contributed by atoms with Crippen LogP contribution in [0.5, 0.6) is 0 Å². The van der Waals surface area contributed by atoms with E-state index < -0.39 is 11.7 Å². The smallest absolute Gasteiger partial charge is 0.140 e. The second-order valence-corrected chi connectivity index (χ2v) is 5.33. The van der Waals surface area contributed by atoms with E-state index in [1.54, 1.807) is 55.5 Å². The summed E-state index contributed by atoms with van der Waals surface area (Å²) in [5, 5.41) is 22.0. The molecule has 0 unspecified atom stereocenters. The third-order valence-corrected chi connectivity index (χ3v) is 3.68. The standard InChI is InChI=1S/C15H14Cl2O2/c1-10(18)15(19,11-2-6-13(16)7-3-11)12-4-8-14(17)9-5-12/h2-10,18-19H,1H3/t10-/m0/s1. The maximum atomic E-state index is 10.9. The van der Waals surface area contributed by atoms with Gasteiger partial charge in [0.05, 0.1) is 6.10 Å². The molecule has 19 heavy (non-hydrogen) atoms. The van der Waals surface area contributed by atoms with E-state index in [2.05, 4.69) is 0 Å². The summed E-state index contributed by atoms with van der Waals surface area (Å²) in [4.78, 5) is 0. The predicted octanol–water partition coefficient (Wildman–Crippen LogP) is 3.61. The molecule has 0 aliphatic heterocycles. The molecule has 0 bridgehead atoms. The van der Waals surface area contributed by atoms with Gasteiger partial charge in [0.2, 0.25) is 0 Å².